The molecular weight excluding hydrogens is 320 g/mol. The van der Waals surface area contributed by atoms with Gasteiger partial charge in [-0.25, -0.2) is 4.79 Å². The molecule has 2 heterocycles. The van der Waals surface area contributed by atoms with Crippen molar-refractivity contribution in [2.75, 3.05) is 6.61 Å². The summed E-state index contributed by atoms with van der Waals surface area (Å²) in [6.45, 7) is -0.318. The molecule has 24 heavy (non-hydrogen) atoms. The van der Waals surface area contributed by atoms with Gasteiger partial charge in [0.15, 0.2) is 11.5 Å². The minimum atomic E-state index is -1.15. The van der Waals surface area contributed by atoms with E-state index < -0.39 is 41.7 Å². The lowest BCUT2D eigenvalue weighted by molar-refractivity contribution is -0.149. The van der Waals surface area contributed by atoms with Crippen LogP contribution >= 0.6 is 0 Å². The van der Waals surface area contributed by atoms with Crippen LogP contribution in [0.1, 0.15) is 10.4 Å². The number of rotatable bonds is 3. The van der Waals surface area contributed by atoms with Crippen LogP contribution < -0.4 is 0 Å². The molecule has 0 aromatic heterocycles. The Hall–Kier alpha value is -2.29. The first-order valence-electron chi connectivity index (χ1n) is 7.50. The highest BCUT2D eigenvalue weighted by molar-refractivity contribution is 5.90. The molecule has 2 fully saturated rings. The highest BCUT2D eigenvalue weighted by atomic mass is 16.7. The predicted molar refractivity (Wildman–Crippen MR) is 76.9 cm³/mol. The van der Waals surface area contributed by atoms with E-state index in [0.29, 0.717) is 0 Å². The quantitative estimate of drug-likeness (QED) is 0.341. The Bertz CT molecular complexity index is 716. The average Bonchev–Trinajstić information content (AvgIpc) is 3.24. The summed E-state index contributed by atoms with van der Waals surface area (Å²) in [6, 6.07) is 3.62. The molecule has 1 aliphatic carbocycles. The Kier molecular flexibility index (Phi) is 3.24. The number of aromatic hydroxyl groups is 2. The second-order valence-electron chi connectivity index (χ2n) is 6.18. The number of esters is 1. The van der Waals surface area contributed by atoms with Crippen molar-refractivity contribution in [3.8, 4) is 11.5 Å². The molecule has 3 aliphatic rings. The fourth-order valence-corrected chi connectivity index (χ4v) is 3.72. The monoisotopic (exact) mass is 336 g/mol. The molecule has 1 saturated carbocycles. The summed E-state index contributed by atoms with van der Waals surface area (Å²) < 4.78 is 16.1. The van der Waals surface area contributed by atoms with E-state index >= 15 is 0 Å². The van der Waals surface area contributed by atoms with Crippen LogP contribution in [0.5, 0.6) is 11.5 Å². The Balaban J connectivity index is 1.58. The highest BCUT2D eigenvalue weighted by Crippen LogP contribution is 2.59. The summed E-state index contributed by atoms with van der Waals surface area (Å²) in [6.07, 6.45) is 0.637. The van der Waals surface area contributed by atoms with Gasteiger partial charge in [0, 0.05) is 5.92 Å². The van der Waals surface area contributed by atoms with Crippen LogP contribution in [0.2, 0.25) is 0 Å². The third kappa shape index (κ3) is 2.00. The maximum atomic E-state index is 12.3. The third-order valence-electron chi connectivity index (χ3n) is 4.95. The second kappa shape index (κ2) is 5.10. The van der Waals surface area contributed by atoms with Crippen molar-refractivity contribution in [3.63, 3.8) is 0 Å². The van der Waals surface area contributed by atoms with Crippen LogP contribution in [0, 0.1) is 11.8 Å². The van der Waals surface area contributed by atoms with Gasteiger partial charge in [0.05, 0.1) is 24.4 Å². The van der Waals surface area contributed by atoms with Gasteiger partial charge in [-0.2, -0.15) is 0 Å². The first-order valence-corrected chi connectivity index (χ1v) is 7.50. The summed E-state index contributed by atoms with van der Waals surface area (Å²) in [7, 11) is 0. The second-order valence-corrected chi connectivity index (χ2v) is 6.18. The lowest BCUT2D eigenvalue weighted by atomic mass is 9.86. The standard InChI is InChI=1S/C16H16O8/c17-6-16-11-8(3-4-22-15(11)21)12(13(16)24-16)23-14(20)7-1-2-9(18)10(19)5-7/h1-5,8,11-13,15,17-19,21H,6H2/t8-,11-,12+,13+,15-,16-/m1/s1. The van der Waals surface area contributed by atoms with Crippen molar-refractivity contribution < 1.29 is 39.4 Å². The van der Waals surface area contributed by atoms with Crippen molar-refractivity contribution in [1.82, 2.24) is 0 Å². The zero-order valence-electron chi connectivity index (χ0n) is 12.4. The molecule has 0 bridgehead atoms. The number of aliphatic hydroxyl groups excluding tert-OH is 2. The molecule has 0 spiro atoms. The predicted octanol–water partition coefficient (Wildman–Crippen LogP) is -0.139. The highest BCUT2D eigenvalue weighted by Gasteiger charge is 2.76. The number of phenolic OH excluding ortho intramolecular Hbond substituents is 2. The minimum Gasteiger partial charge on any atom is -0.504 e. The molecule has 4 rings (SSSR count). The van der Waals surface area contributed by atoms with Crippen molar-refractivity contribution >= 4 is 5.97 Å². The fraction of sp³-hybridized carbons (Fsp3) is 0.438. The lowest BCUT2D eigenvalue weighted by Gasteiger charge is -2.33. The van der Waals surface area contributed by atoms with Crippen LogP contribution in [-0.2, 0) is 14.2 Å². The number of aliphatic hydroxyl groups is 2. The average molecular weight is 336 g/mol. The molecule has 8 heteroatoms. The number of epoxide rings is 1. The van der Waals surface area contributed by atoms with E-state index in [1.54, 1.807) is 6.08 Å². The number of fused-ring (bicyclic) bond motifs is 3. The van der Waals surface area contributed by atoms with Gasteiger partial charge in [-0.05, 0) is 24.3 Å². The van der Waals surface area contributed by atoms with Crippen molar-refractivity contribution in [3.05, 3.63) is 36.1 Å². The van der Waals surface area contributed by atoms with E-state index in [1.165, 1.54) is 18.4 Å². The zero-order valence-corrected chi connectivity index (χ0v) is 12.4. The van der Waals surface area contributed by atoms with Gasteiger partial charge in [0.25, 0.3) is 0 Å². The summed E-state index contributed by atoms with van der Waals surface area (Å²) in [5.41, 5.74) is -0.905. The fourth-order valence-electron chi connectivity index (χ4n) is 3.72. The first-order chi connectivity index (χ1) is 11.5. The number of benzene rings is 1. The Morgan fingerprint density at radius 1 is 1.29 bits per heavy atom. The number of carbonyl (C=O) groups is 1. The van der Waals surface area contributed by atoms with Gasteiger partial charge in [-0.15, -0.1) is 0 Å². The SMILES string of the molecule is O=C(O[C@H]1[C@@H]2C=CO[C@@H](O)[C@@H]2[C@@]2(CO)O[C@@H]12)c1ccc(O)c(O)c1. The molecule has 0 unspecified atom stereocenters. The molecule has 1 aromatic carbocycles. The molecule has 0 radical (unpaired) electrons. The smallest absolute Gasteiger partial charge is 0.338 e. The van der Waals surface area contributed by atoms with E-state index in [-0.39, 0.29) is 23.8 Å². The summed E-state index contributed by atoms with van der Waals surface area (Å²) in [4.78, 5) is 12.3. The largest absolute Gasteiger partial charge is 0.504 e. The van der Waals surface area contributed by atoms with Crippen LogP contribution in [0.4, 0.5) is 0 Å². The van der Waals surface area contributed by atoms with Crippen molar-refractivity contribution in [2.24, 2.45) is 11.8 Å². The third-order valence-corrected chi connectivity index (χ3v) is 4.95. The molecule has 6 atom stereocenters. The molecule has 0 amide bonds. The normalized spacial score (nSPS) is 38.8. The molecule has 1 saturated heterocycles. The Morgan fingerprint density at radius 2 is 2.08 bits per heavy atom. The lowest BCUT2D eigenvalue weighted by Crippen LogP contribution is -2.42. The van der Waals surface area contributed by atoms with Crippen LogP contribution in [0.3, 0.4) is 0 Å². The molecular formula is C16H16O8. The summed E-state index contributed by atoms with van der Waals surface area (Å²) in [5.74, 6) is -2.36. The zero-order chi connectivity index (χ0) is 17.1. The van der Waals surface area contributed by atoms with Crippen molar-refractivity contribution in [1.29, 1.82) is 0 Å². The molecule has 8 nitrogen and oxygen atoms in total. The maximum absolute atomic E-state index is 12.3. The summed E-state index contributed by atoms with van der Waals surface area (Å²) in [5, 5.41) is 38.5. The van der Waals surface area contributed by atoms with Crippen molar-refractivity contribution in [2.45, 2.75) is 24.1 Å². The number of carbonyl (C=O) groups excluding carboxylic acids is 1. The van der Waals surface area contributed by atoms with Crippen LogP contribution in [-0.4, -0.2) is 57.1 Å². The molecule has 1 aromatic rings. The van der Waals surface area contributed by atoms with Gasteiger partial charge in [0.2, 0.25) is 6.29 Å². The Morgan fingerprint density at radius 3 is 2.79 bits per heavy atom. The van der Waals surface area contributed by atoms with E-state index in [4.69, 9.17) is 14.2 Å². The number of phenols is 2. The van der Waals surface area contributed by atoms with Crippen LogP contribution in [0.15, 0.2) is 30.5 Å². The van der Waals surface area contributed by atoms with E-state index in [2.05, 4.69) is 0 Å². The van der Waals surface area contributed by atoms with Crippen LogP contribution in [0.25, 0.3) is 0 Å². The molecule has 4 N–H and O–H groups in total. The Labute approximate surface area is 136 Å². The van der Waals surface area contributed by atoms with Gasteiger partial charge in [-0.3, -0.25) is 0 Å². The first kappa shape index (κ1) is 15.3. The van der Waals surface area contributed by atoms with E-state index in [1.807, 2.05) is 0 Å². The number of hydrogen-bond donors (Lipinski definition) is 4. The number of ether oxygens (including phenoxy) is 3. The maximum Gasteiger partial charge on any atom is 0.338 e. The van der Waals surface area contributed by atoms with E-state index in [9.17, 15) is 25.2 Å². The van der Waals surface area contributed by atoms with Gasteiger partial charge < -0.3 is 34.6 Å². The number of hydrogen-bond acceptors (Lipinski definition) is 8. The topological polar surface area (TPSA) is 129 Å². The molecule has 128 valence electrons. The van der Waals surface area contributed by atoms with Gasteiger partial charge in [0.1, 0.15) is 17.8 Å². The molecule has 2 aliphatic heterocycles. The van der Waals surface area contributed by atoms with Gasteiger partial charge in [-0.1, -0.05) is 0 Å². The van der Waals surface area contributed by atoms with Gasteiger partial charge >= 0.3 is 5.97 Å². The minimum absolute atomic E-state index is 0.0700. The summed E-state index contributed by atoms with van der Waals surface area (Å²) >= 11 is 0. The van der Waals surface area contributed by atoms with E-state index in [0.717, 1.165) is 6.07 Å².